The number of aromatic nitrogens is 3. The Bertz CT molecular complexity index is 1260. The van der Waals surface area contributed by atoms with Crippen LogP contribution in [0.5, 0.6) is 11.5 Å². The number of thioether (sulfide) groups is 1. The SMILES string of the molecule is CCCCCSc1n[n+]2c(c(=O)[nH]1)-c1ccccc1N(C(C)=O)[C@H]2c1ccc(OC)cc1OC. The highest BCUT2D eigenvalue weighted by atomic mass is 32.2. The molecule has 1 aliphatic heterocycles. The fraction of sp³-hybridized carbons (Fsp3) is 0.360. The zero-order valence-corrected chi connectivity index (χ0v) is 20.6. The van der Waals surface area contributed by atoms with Crippen molar-refractivity contribution in [1.29, 1.82) is 0 Å². The van der Waals surface area contributed by atoms with Gasteiger partial charge in [-0.15, -0.1) is 0 Å². The van der Waals surface area contributed by atoms with Gasteiger partial charge in [0, 0.05) is 23.8 Å². The lowest BCUT2D eigenvalue weighted by molar-refractivity contribution is -0.763. The number of carbonyl (C=O) groups is 1. The number of para-hydroxylation sites is 1. The monoisotopic (exact) mass is 481 g/mol. The van der Waals surface area contributed by atoms with Crippen LogP contribution in [0, 0.1) is 0 Å². The molecular formula is C25H29N4O4S+. The summed E-state index contributed by atoms with van der Waals surface area (Å²) in [6.07, 6.45) is 2.56. The first-order chi connectivity index (χ1) is 16.5. The lowest BCUT2D eigenvalue weighted by atomic mass is 10.0. The lowest BCUT2D eigenvalue weighted by Gasteiger charge is -2.31. The summed E-state index contributed by atoms with van der Waals surface area (Å²) in [6, 6.07) is 12.8. The molecule has 4 rings (SSSR count). The van der Waals surface area contributed by atoms with E-state index in [1.165, 1.54) is 18.7 Å². The standard InChI is InChI=1S/C25H28N4O4S/c1-5-6-9-14-34-25-26-23(31)22-18-10-7-8-11-20(18)28(16(2)30)24(29(22)27-25)19-13-12-17(32-3)15-21(19)33-4/h7-8,10-13,15,24H,5-6,9,14H2,1-4H3/p+1/t24-/m1/s1. The molecular weight excluding hydrogens is 452 g/mol. The van der Waals surface area contributed by atoms with Crippen LogP contribution in [0.1, 0.15) is 44.8 Å². The maximum absolute atomic E-state index is 13.4. The first-order valence-corrected chi connectivity index (χ1v) is 12.3. The minimum Gasteiger partial charge on any atom is -0.497 e. The first kappa shape index (κ1) is 23.8. The summed E-state index contributed by atoms with van der Waals surface area (Å²) in [5, 5.41) is 5.34. The van der Waals surface area contributed by atoms with E-state index in [9.17, 15) is 9.59 Å². The third kappa shape index (κ3) is 4.40. The van der Waals surface area contributed by atoms with Crippen LogP contribution >= 0.6 is 11.8 Å². The summed E-state index contributed by atoms with van der Waals surface area (Å²) in [5.41, 5.74) is 2.14. The largest absolute Gasteiger partial charge is 0.497 e. The molecule has 1 aromatic heterocycles. The van der Waals surface area contributed by atoms with Crippen molar-refractivity contribution in [3.8, 4) is 22.8 Å². The zero-order valence-electron chi connectivity index (χ0n) is 19.8. The number of nitrogens with zero attached hydrogens (tertiary/aromatic N) is 3. The number of benzene rings is 2. The minimum absolute atomic E-state index is 0.173. The van der Waals surface area contributed by atoms with Crippen LogP contribution < -0.4 is 24.6 Å². The Morgan fingerprint density at radius 3 is 2.68 bits per heavy atom. The lowest BCUT2D eigenvalue weighted by Crippen LogP contribution is -2.60. The molecule has 0 radical (unpaired) electrons. The van der Waals surface area contributed by atoms with Crippen molar-refractivity contribution >= 4 is 23.4 Å². The van der Waals surface area contributed by atoms with E-state index in [0.29, 0.717) is 39.2 Å². The number of unbranched alkanes of at least 4 members (excludes halogenated alkanes) is 2. The molecule has 0 aliphatic carbocycles. The summed E-state index contributed by atoms with van der Waals surface area (Å²) >= 11 is 1.51. The van der Waals surface area contributed by atoms with Crippen LogP contribution in [-0.4, -0.2) is 36.0 Å². The number of carbonyl (C=O) groups excluding carboxylic acids is 1. The number of H-pyrrole nitrogens is 1. The molecule has 0 spiro atoms. The summed E-state index contributed by atoms with van der Waals surface area (Å²) in [7, 11) is 3.15. The first-order valence-electron chi connectivity index (χ1n) is 11.3. The Balaban J connectivity index is 1.95. The Morgan fingerprint density at radius 1 is 1.18 bits per heavy atom. The molecule has 1 amide bonds. The molecule has 34 heavy (non-hydrogen) atoms. The molecule has 9 heteroatoms. The number of hydrogen-bond acceptors (Lipinski definition) is 6. The molecule has 0 bridgehead atoms. The van der Waals surface area contributed by atoms with Gasteiger partial charge in [0.1, 0.15) is 11.5 Å². The number of fused-ring (bicyclic) bond motifs is 3. The number of nitrogens with one attached hydrogen (secondary N) is 1. The number of aromatic amines is 1. The Hall–Kier alpha value is -3.33. The Kier molecular flexibility index (Phi) is 7.21. The molecule has 3 aromatic rings. The van der Waals surface area contributed by atoms with Gasteiger partial charge in [-0.25, -0.2) is 4.90 Å². The quantitative estimate of drug-likeness (QED) is 0.298. The van der Waals surface area contributed by atoms with Crippen LogP contribution in [0.3, 0.4) is 0 Å². The van der Waals surface area contributed by atoms with Crippen molar-refractivity contribution < 1.29 is 19.0 Å². The number of rotatable bonds is 8. The highest BCUT2D eigenvalue weighted by Gasteiger charge is 2.46. The topological polar surface area (TPSA) is 88.4 Å². The number of anilines is 1. The van der Waals surface area contributed by atoms with Crippen molar-refractivity contribution in [2.24, 2.45) is 0 Å². The fourth-order valence-electron chi connectivity index (χ4n) is 4.21. The van der Waals surface area contributed by atoms with Gasteiger partial charge >= 0.3 is 11.3 Å². The molecule has 0 saturated carbocycles. The predicted octanol–water partition coefficient (Wildman–Crippen LogP) is 3.94. The van der Waals surface area contributed by atoms with E-state index in [1.54, 1.807) is 29.9 Å². The average molecular weight is 482 g/mol. The van der Waals surface area contributed by atoms with Crippen molar-refractivity contribution in [3.05, 3.63) is 58.4 Å². The molecule has 178 valence electrons. The Labute approximate surface area is 202 Å². The Morgan fingerprint density at radius 2 is 1.97 bits per heavy atom. The highest BCUT2D eigenvalue weighted by molar-refractivity contribution is 7.99. The van der Waals surface area contributed by atoms with Gasteiger partial charge in [-0.2, -0.15) is 0 Å². The van der Waals surface area contributed by atoms with Gasteiger partial charge in [-0.1, -0.05) is 43.7 Å². The van der Waals surface area contributed by atoms with Gasteiger partial charge in [0.15, 0.2) is 0 Å². The zero-order chi connectivity index (χ0) is 24.2. The molecule has 2 heterocycles. The second kappa shape index (κ2) is 10.3. The third-order valence-corrected chi connectivity index (χ3v) is 6.75. The van der Waals surface area contributed by atoms with Gasteiger partial charge in [0.25, 0.3) is 6.17 Å². The molecule has 0 unspecified atom stereocenters. The number of amides is 1. The number of hydrogen-bond donors (Lipinski definition) is 1. The molecule has 0 fully saturated rings. The van der Waals surface area contributed by atoms with Crippen LogP contribution in [0.15, 0.2) is 52.4 Å². The maximum atomic E-state index is 13.4. The van der Waals surface area contributed by atoms with Gasteiger partial charge in [-0.05, 0) is 35.4 Å². The van der Waals surface area contributed by atoms with E-state index in [1.807, 2.05) is 36.4 Å². The number of ether oxygens (including phenoxy) is 2. The summed E-state index contributed by atoms with van der Waals surface area (Å²) < 4.78 is 12.7. The summed E-state index contributed by atoms with van der Waals surface area (Å²) in [6.45, 7) is 3.67. The second-order valence-corrected chi connectivity index (χ2v) is 9.08. The molecule has 8 nitrogen and oxygen atoms in total. The van der Waals surface area contributed by atoms with Crippen LogP contribution in [0.4, 0.5) is 5.69 Å². The van der Waals surface area contributed by atoms with E-state index >= 15 is 0 Å². The average Bonchev–Trinajstić information content (AvgIpc) is 2.85. The normalized spacial score (nSPS) is 14.4. The fourth-order valence-corrected chi connectivity index (χ4v) is 5.06. The summed E-state index contributed by atoms with van der Waals surface area (Å²) in [5.74, 6) is 1.84. The van der Waals surface area contributed by atoms with Gasteiger partial charge in [-0.3, -0.25) is 14.6 Å². The predicted molar refractivity (Wildman–Crippen MR) is 132 cm³/mol. The molecule has 0 saturated heterocycles. The van der Waals surface area contributed by atoms with E-state index < -0.39 is 6.17 Å². The van der Waals surface area contributed by atoms with Crippen LogP contribution in [0.2, 0.25) is 0 Å². The highest BCUT2D eigenvalue weighted by Crippen LogP contribution is 2.40. The molecule has 1 aliphatic rings. The van der Waals surface area contributed by atoms with E-state index in [-0.39, 0.29) is 11.5 Å². The van der Waals surface area contributed by atoms with Gasteiger partial charge < -0.3 is 9.47 Å². The van der Waals surface area contributed by atoms with Crippen LogP contribution in [-0.2, 0) is 4.79 Å². The van der Waals surface area contributed by atoms with E-state index in [2.05, 4.69) is 11.9 Å². The molecule has 1 N–H and O–H groups in total. The second-order valence-electron chi connectivity index (χ2n) is 8.00. The molecule has 2 aromatic carbocycles. The van der Waals surface area contributed by atoms with E-state index in [0.717, 1.165) is 25.0 Å². The van der Waals surface area contributed by atoms with Crippen LogP contribution in [0.25, 0.3) is 11.3 Å². The van der Waals surface area contributed by atoms with Crippen molar-refractivity contribution in [3.63, 3.8) is 0 Å². The smallest absolute Gasteiger partial charge is 0.325 e. The maximum Gasteiger partial charge on any atom is 0.325 e. The van der Waals surface area contributed by atoms with Crippen molar-refractivity contribution in [1.82, 2.24) is 10.1 Å². The van der Waals surface area contributed by atoms with Crippen molar-refractivity contribution in [2.75, 3.05) is 24.9 Å². The molecule has 1 atom stereocenters. The van der Waals surface area contributed by atoms with E-state index in [4.69, 9.17) is 14.6 Å². The third-order valence-electron chi connectivity index (χ3n) is 5.80. The van der Waals surface area contributed by atoms with Crippen molar-refractivity contribution in [2.45, 2.75) is 44.4 Å². The minimum atomic E-state index is -0.708. The van der Waals surface area contributed by atoms with Gasteiger partial charge in [0.2, 0.25) is 11.1 Å². The van der Waals surface area contributed by atoms with Gasteiger partial charge in [0.05, 0.1) is 31.0 Å². The summed E-state index contributed by atoms with van der Waals surface area (Å²) in [4.78, 5) is 31.0. The number of methoxy groups -OCH3 is 2.